The highest BCUT2D eigenvalue weighted by atomic mass is 79.9. The predicted molar refractivity (Wildman–Crippen MR) is 76.9 cm³/mol. The van der Waals surface area contributed by atoms with Crippen LogP contribution in [-0.2, 0) is 11.3 Å². The Hall–Kier alpha value is -0.390. The molecule has 1 N–H and O–H groups in total. The van der Waals surface area contributed by atoms with E-state index in [2.05, 4.69) is 32.3 Å². The van der Waals surface area contributed by atoms with E-state index >= 15 is 0 Å². The third-order valence-electron chi connectivity index (χ3n) is 4.00. The van der Waals surface area contributed by atoms with Crippen molar-refractivity contribution in [2.75, 3.05) is 13.1 Å². The maximum absolute atomic E-state index is 11.4. The number of hydrogen-bond donors (Lipinski definition) is 1. The van der Waals surface area contributed by atoms with Crippen molar-refractivity contribution in [1.29, 1.82) is 0 Å². The molecule has 1 aromatic heterocycles. The fourth-order valence-electron chi connectivity index (χ4n) is 2.50. The van der Waals surface area contributed by atoms with Crippen molar-refractivity contribution in [3.05, 3.63) is 20.8 Å². The van der Waals surface area contributed by atoms with Gasteiger partial charge >= 0.3 is 5.97 Å². The van der Waals surface area contributed by atoms with Gasteiger partial charge in [-0.1, -0.05) is 6.92 Å². The molecule has 0 aromatic carbocycles. The Labute approximate surface area is 120 Å². The van der Waals surface area contributed by atoms with Crippen LogP contribution in [0.2, 0.25) is 0 Å². The zero-order valence-electron chi connectivity index (χ0n) is 10.5. The molecule has 100 valence electrons. The van der Waals surface area contributed by atoms with Crippen molar-refractivity contribution < 1.29 is 9.90 Å². The second-order valence-corrected chi connectivity index (χ2v) is 6.76. The van der Waals surface area contributed by atoms with Gasteiger partial charge in [-0.2, -0.15) is 0 Å². The average Bonchev–Trinajstić information content (AvgIpc) is 2.76. The molecule has 0 saturated carbocycles. The summed E-state index contributed by atoms with van der Waals surface area (Å²) in [5.74, 6) is -0.623. The number of likely N-dealkylation sites (tertiary alicyclic amines) is 1. The van der Waals surface area contributed by atoms with Crippen LogP contribution in [-0.4, -0.2) is 29.1 Å². The Kier molecular flexibility index (Phi) is 4.45. The van der Waals surface area contributed by atoms with Gasteiger partial charge in [0.1, 0.15) is 0 Å². The minimum atomic E-state index is -0.623. The van der Waals surface area contributed by atoms with Gasteiger partial charge in [0.05, 0.1) is 5.41 Å². The number of carboxylic acids is 1. The van der Waals surface area contributed by atoms with Gasteiger partial charge in [-0.15, -0.1) is 11.3 Å². The molecule has 0 aliphatic carbocycles. The first kappa shape index (κ1) is 14.0. The lowest BCUT2D eigenvalue weighted by atomic mass is 9.76. The Balaban J connectivity index is 1.94. The van der Waals surface area contributed by atoms with Gasteiger partial charge in [-0.05, 0) is 59.7 Å². The molecule has 0 spiro atoms. The Morgan fingerprint density at radius 1 is 1.56 bits per heavy atom. The first-order valence-electron chi connectivity index (χ1n) is 6.25. The second kappa shape index (κ2) is 5.72. The van der Waals surface area contributed by atoms with Crippen LogP contribution in [0.3, 0.4) is 0 Å². The molecule has 3 nitrogen and oxygen atoms in total. The summed E-state index contributed by atoms with van der Waals surface area (Å²) >= 11 is 5.29. The highest BCUT2D eigenvalue weighted by Crippen LogP contribution is 2.36. The molecule has 0 atom stereocenters. The largest absolute Gasteiger partial charge is 0.481 e. The van der Waals surface area contributed by atoms with E-state index in [4.69, 9.17) is 0 Å². The number of thiophene rings is 1. The summed E-state index contributed by atoms with van der Waals surface area (Å²) in [4.78, 5) is 15.0. The lowest BCUT2D eigenvalue weighted by Gasteiger charge is -2.38. The predicted octanol–water partition coefficient (Wildman–Crippen LogP) is 3.59. The van der Waals surface area contributed by atoms with Crippen molar-refractivity contribution in [3.8, 4) is 0 Å². The molecular formula is C13H18BrNO2S. The van der Waals surface area contributed by atoms with Gasteiger partial charge in [-0.25, -0.2) is 0 Å². The molecule has 2 heterocycles. The van der Waals surface area contributed by atoms with Gasteiger partial charge in [0, 0.05) is 15.9 Å². The Morgan fingerprint density at radius 3 is 2.67 bits per heavy atom. The zero-order valence-corrected chi connectivity index (χ0v) is 12.9. The fourth-order valence-corrected chi connectivity index (χ4v) is 4.02. The first-order valence-corrected chi connectivity index (χ1v) is 7.92. The van der Waals surface area contributed by atoms with Crippen molar-refractivity contribution in [3.63, 3.8) is 0 Å². The van der Waals surface area contributed by atoms with Crippen LogP contribution < -0.4 is 0 Å². The van der Waals surface area contributed by atoms with Crippen LogP contribution in [0.1, 0.15) is 31.1 Å². The minimum absolute atomic E-state index is 0.483. The van der Waals surface area contributed by atoms with Crippen molar-refractivity contribution in [1.82, 2.24) is 4.90 Å². The van der Waals surface area contributed by atoms with E-state index in [1.165, 1.54) is 4.88 Å². The normalized spacial score (nSPS) is 19.9. The van der Waals surface area contributed by atoms with Crippen LogP contribution in [0.4, 0.5) is 0 Å². The molecule has 0 unspecified atom stereocenters. The van der Waals surface area contributed by atoms with Crippen molar-refractivity contribution in [2.24, 2.45) is 5.41 Å². The maximum Gasteiger partial charge on any atom is 0.309 e. The van der Waals surface area contributed by atoms with Crippen LogP contribution >= 0.6 is 27.3 Å². The number of piperidine rings is 1. The van der Waals surface area contributed by atoms with Gasteiger partial charge < -0.3 is 5.11 Å². The number of aliphatic carboxylic acids is 1. The maximum atomic E-state index is 11.4. The monoisotopic (exact) mass is 331 g/mol. The van der Waals surface area contributed by atoms with Gasteiger partial charge in [0.25, 0.3) is 0 Å². The lowest BCUT2D eigenvalue weighted by molar-refractivity contribution is -0.152. The Bertz CT molecular complexity index is 424. The van der Waals surface area contributed by atoms with Gasteiger partial charge in [0.2, 0.25) is 0 Å². The molecule has 1 fully saturated rings. The van der Waals surface area contributed by atoms with Gasteiger partial charge in [0.15, 0.2) is 0 Å². The summed E-state index contributed by atoms with van der Waals surface area (Å²) < 4.78 is 1.16. The first-order chi connectivity index (χ1) is 8.57. The van der Waals surface area contributed by atoms with E-state index in [0.717, 1.165) is 43.4 Å². The van der Waals surface area contributed by atoms with Crippen LogP contribution in [0.25, 0.3) is 0 Å². The lowest BCUT2D eigenvalue weighted by Crippen LogP contribution is -2.43. The van der Waals surface area contributed by atoms with E-state index in [0.29, 0.717) is 0 Å². The molecule has 1 aliphatic rings. The number of carbonyl (C=O) groups is 1. The van der Waals surface area contributed by atoms with E-state index in [9.17, 15) is 9.90 Å². The van der Waals surface area contributed by atoms with E-state index in [1.807, 2.05) is 6.92 Å². The molecule has 0 bridgehead atoms. The molecule has 0 radical (unpaired) electrons. The molecule has 1 saturated heterocycles. The third kappa shape index (κ3) is 2.78. The second-order valence-electron chi connectivity index (χ2n) is 4.91. The van der Waals surface area contributed by atoms with E-state index in [-0.39, 0.29) is 0 Å². The molecule has 5 heteroatoms. The topological polar surface area (TPSA) is 40.5 Å². The highest BCUT2D eigenvalue weighted by Gasteiger charge is 2.39. The summed E-state index contributed by atoms with van der Waals surface area (Å²) in [6.45, 7) is 4.67. The molecule has 1 aliphatic heterocycles. The number of hydrogen-bond acceptors (Lipinski definition) is 3. The summed E-state index contributed by atoms with van der Waals surface area (Å²) in [6.07, 6.45) is 2.27. The minimum Gasteiger partial charge on any atom is -0.481 e. The van der Waals surface area contributed by atoms with Crippen molar-refractivity contribution >= 4 is 33.2 Å². The summed E-state index contributed by atoms with van der Waals surface area (Å²) in [5.41, 5.74) is -0.483. The SMILES string of the molecule is CCC1(C(=O)O)CCN(Cc2sccc2Br)CC1. The summed E-state index contributed by atoms with van der Waals surface area (Å²) in [7, 11) is 0. The molecule has 0 amide bonds. The molecule has 1 aromatic rings. The van der Waals surface area contributed by atoms with E-state index < -0.39 is 11.4 Å². The standard InChI is InChI=1S/C13H18BrNO2S/c1-2-13(12(16)17)4-6-15(7-5-13)9-11-10(14)3-8-18-11/h3,8H,2,4-7,9H2,1H3,(H,16,17). The third-order valence-corrected chi connectivity index (χ3v) is 5.91. The van der Waals surface area contributed by atoms with E-state index in [1.54, 1.807) is 11.3 Å². The van der Waals surface area contributed by atoms with Crippen molar-refractivity contribution in [2.45, 2.75) is 32.7 Å². The summed E-state index contributed by atoms with van der Waals surface area (Å²) in [6, 6.07) is 2.07. The van der Waals surface area contributed by atoms with Gasteiger partial charge in [-0.3, -0.25) is 9.69 Å². The number of halogens is 1. The smallest absolute Gasteiger partial charge is 0.309 e. The number of nitrogens with zero attached hydrogens (tertiary/aromatic N) is 1. The number of carboxylic acid groups (broad SMARTS) is 1. The highest BCUT2D eigenvalue weighted by molar-refractivity contribution is 9.10. The Morgan fingerprint density at radius 2 is 2.22 bits per heavy atom. The quantitative estimate of drug-likeness (QED) is 0.916. The van der Waals surface area contributed by atoms with Crippen LogP contribution in [0.5, 0.6) is 0 Å². The summed E-state index contributed by atoms with van der Waals surface area (Å²) in [5, 5.41) is 11.4. The van der Waals surface area contributed by atoms with Crippen LogP contribution in [0, 0.1) is 5.41 Å². The zero-order chi connectivity index (χ0) is 13.2. The molecular weight excluding hydrogens is 314 g/mol. The molecule has 2 rings (SSSR count). The average molecular weight is 332 g/mol. The molecule has 18 heavy (non-hydrogen) atoms. The number of rotatable bonds is 4. The fraction of sp³-hybridized carbons (Fsp3) is 0.615. The van der Waals surface area contributed by atoms with Crippen LogP contribution in [0.15, 0.2) is 15.9 Å².